The zero-order chi connectivity index (χ0) is 34.3. The van der Waals surface area contributed by atoms with E-state index in [0.29, 0.717) is 13.1 Å². The largest absolute Gasteiger partial charge is 0.390 e. The molecule has 2 atom stereocenters. The summed E-state index contributed by atoms with van der Waals surface area (Å²) in [6, 6.07) is 62.0. The molecule has 0 aliphatic heterocycles. The van der Waals surface area contributed by atoms with Gasteiger partial charge < -0.3 is 10.2 Å². The van der Waals surface area contributed by atoms with Crippen molar-refractivity contribution in [3.8, 4) is 0 Å². The van der Waals surface area contributed by atoms with Crippen molar-refractivity contribution in [2.45, 2.75) is 49.3 Å². The number of β-amino-alcohol motifs (C(OH)–C–C–N with tert-alkyl or cyclic N) is 2. The van der Waals surface area contributed by atoms with E-state index in [0.717, 1.165) is 33.4 Å². The Labute approximate surface area is 292 Å². The van der Waals surface area contributed by atoms with Gasteiger partial charge in [-0.05, 0) is 54.2 Å². The van der Waals surface area contributed by atoms with E-state index in [-0.39, 0.29) is 0 Å². The molecule has 0 amide bonds. The first-order chi connectivity index (χ1) is 23.8. The van der Waals surface area contributed by atoms with Crippen molar-refractivity contribution in [1.29, 1.82) is 0 Å². The van der Waals surface area contributed by atoms with Crippen LogP contribution >= 0.6 is 0 Å². The van der Waals surface area contributed by atoms with Crippen LogP contribution in [-0.2, 0) is 10.8 Å². The molecule has 6 aromatic carbocycles. The lowest BCUT2D eigenvalue weighted by Crippen LogP contribution is -2.57. The molecule has 0 fully saturated rings. The second-order valence-corrected chi connectivity index (χ2v) is 13.9. The molecule has 0 radical (unpaired) electrons. The summed E-state index contributed by atoms with van der Waals surface area (Å²) in [5.74, 6) is 0. The molecule has 0 bridgehead atoms. The minimum atomic E-state index is -0.870. The highest BCUT2D eigenvalue weighted by atomic mass is 16.3. The molecule has 0 aliphatic rings. The van der Waals surface area contributed by atoms with Gasteiger partial charge in [0.1, 0.15) is 0 Å². The fourth-order valence-corrected chi connectivity index (χ4v) is 7.67. The molecule has 0 spiro atoms. The van der Waals surface area contributed by atoms with E-state index >= 15 is 0 Å². The summed E-state index contributed by atoms with van der Waals surface area (Å²) in [7, 11) is 0. The molecule has 0 aliphatic carbocycles. The predicted molar refractivity (Wildman–Crippen MR) is 202 cm³/mol. The molecule has 2 N–H and O–H groups in total. The number of hydrogen-bond acceptors (Lipinski definition) is 3. The van der Waals surface area contributed by atoms with E-state index in [9.17, 15) is 10.2 Å². The quantitative estimate of drug-likeness (QED) is 0.131. The average molecular weight is 646 g/mol. The van der Waals surface area contributed by atoms with Crippen molar-refractivity contribution in [2.75, 3.05) is 13.1 Å². The van der Waals surface area contributed by atoms with Crippen LogP contribution in [0.4, 0.5) is 0 Å². The molecule has 0 saturated carbocycles. The molecule has 3 nitrogen and oxygen atoms in total. The van der Waals surface area contributed by atoms with Crippen molar-refractivity contribution in [3.05, 3.63) is 215 Å². The first-order valence-corrected chi connectivity index (χ1v) is 17.2. The van der Waals surface area contributed by atoms with Crippen LogP contribution in [0.25, 0.3) is 0 Å². The molecular weight excluding hydrogens is 599 g/mol. The first kappa shape index (κ1) is 34.1. The lowest BCUT2D eigenvalue weighted by atomic mass is 9.64. The average Bonchev–Trinajstić information content (AvgIpc) is 3.14. The van der Waals surface area contributed by atoms with Crippen LogP contribution in [0.5, 0.6) is 0 Å². The molecule has 6 rings (SSSR count). The van der Waals surface area contributed by atoms with Crippen LogP contribution in [0.1, 0.15) is 54.2 Å². The Morgan fingerprint density at radius 2 is 0.551 bits per heavy atom. The number of benzene rings is 6. The summed E-state index contributed by atoms with van der Waals surface area (Å²) in [5, 5.41) is 25.8. The zero-order valence-electron chi connectivity index (χ0n) is 28.7. The Hall–Kier alpha value is -4.80. The zero-order valence-corrected chi connectivity index (χ0v) is 28.7. The van der Waals surface area contributed by atoms with Gasteiger partial charge in [-0.2, -0.15) is 0 Å². The highest BCUT2D eigenvalue weighted by molar-refractivity contribution is 5.53. The molecule has 3 heteroatoms. The molecule has 248 valence electrons. The predicted octanol–water partition coefficient (Wildman–Crippen LogP) is 8.88. The maximum atomic E-state index is 12.9. The fourth-order valence-electron chi connectivity index (χ4n) is 7.67. The molecule has 0 aromatic heterocycles. The van der Waals surface area contributed by atoms with E-state index < -0.39 is 28.6 Å². The van der Waals surface area contributed by atoms with Crippen LogP contribution in [0.2, 0.25) is 0 Å². The molecule has 49 heavy (non-hydrogen) atoms. The summed E-state index contributed by atoms with van der Waals surface area (Å²) in [6.07, 6.45) is -1.74. The normalized spacial score (nSPS) is 13.6. The second kappa shape index (κ2) is 14.8. The number of hydrogen-bond donors (Lipinski definition) is 2. The highest BCUT2D eigenvalue weighted by Gasteiger charge is 2.48. The van der Waals surface area contributed by atoms with E-state index in [1.165, 1.54) is 0 Å². The summed E-state index contributed by atoms with van der Waals surface area (Å²) < 4.78 is 0. The van der Waals surface area contributed by atoms with Gasteiger partial charge in [-0.1, -0.05) is 182 Å². The highest BCUT2D eigenvalue weighted by Crippen LogP contribution is 2.45. The maximum Gasteiger partial charge on any atom is 0.0845 e. The van der Waals surface area contributed by atoms with Gasteiger partial charge in [0.2, 0.25) is 0 Å². The van der Waals surface area contributed by atoms with Crippen LogP contribution in [0, 0.1) is 0 Å². The summed E-state index contributed by atoms with van der Waals surface area (Å²) >= 11 is 0. The fraction of sp³-hybridized carbons (Fsp3) is 0.217. The Balaban J connectivity index is 1.50. The van der Waals surface area contributed by atoms with Gasteiger partial charge in [0, 0.05) is 18.6 Å². The lowest BCUT2D eigenvalue weighted by Gasteiger charge is -2.47. The standard InChI is InChI=1S/C46H47NO2/c1-44(2,3)47(34-42(48)45(36-22-10-4-11-23-36,37-24-12-5-13-25-37)38-26-14-6-15-27-38)35-43(49)46(39-28-16-7-17-29-39,40-30-18-8-19-31-40)41-32-20-9-21-33-41/h4-33,42-43,48-49H,34-35H2,1-3H3/t42-,43-/m0/s1. The van der Waals surface area contributed by atoms with E-state index in [1.54, 1.807) is 0 Å². The van der Waals surface area contributed by atoms with Crippen molar-refractivity contribution in [2.24, 2.45) is 0 Å². The SMILES string of the molecule is CC(C)(C)N(C[C@H](O)C(c1ccccc1)(c1ccccc1)c1ccccc1)C[C@H](O)C(c1ccccc1)(c1ccccc1)c1ccccc1. The third-order valence-electron chi connectivity index (χ3n) is 10.1. The smallest absolute Gasteiger partial charge is 0.0845 e. The van der Waals surface area contributed by atoms with Crippen LogP contribution < -0.4 is 0 Å². The summed E-state index contributed by atoms with van der Waals surface area (Å²) in [6.45, 7) is 7.12. The van der Waals surface area contributed by atoms with Crippen molar-refractivity contribution in [1.82, 2.24) is 4.90 Å². The van der Waals surface area contributed by atoms with Crippen molar-refractivity contribution >= 4 is 0 Å². The van der Waals surface area contributed by atoms with Gasteiger partial charge in [0.05, 0.1) is 23.0 Å². The van der Waals surface area contributed by atoms with E-state index in [1.807, 2.05) is 109 Å². The van der Waals surface area contributed by atoms with E-state index in [4.69, 9.17) is 0 Å². The summed E-state index contributed by atoms with van der Waals surface area (Å²) in [5.41, 5.74) is 3.96. The molecule has 0 heterocycles. The first-order valence-electron chi connectivity index (χ1n) is 17.2. The number of rotatable bonds is 12. The number of aliphatic hydroxyl groups excluding tert-OH is 2. The van der Waals surface area contributed by atoms with Gasteiger partial charge in [0.15, 0.2) is 0 Å². The van der Waals surface area contributed by atoms with Crippen LogP contribution in [0.3, 0.4) is 0 Å². The van der Waals surface area contributed by atoms with Crippen molar-refractivity contribution < 1.29 is 10.2 Å². The second-order valence-electron chi connectivity index (χ2n) is 13.9. The number of nitrogens with zero attached hydrogens (tertiary/aromatic N) is 1. The lowest BCUT2D eigenvalue weighted by molar-refractivity contribution is -0.00637. The monoisotopic (exact) mass is 645 g/mol. The third-order valence-corrected chi connectivity index (χ3v) is 10.1. The molecule has 0 saturated heterocycles. The Morgan fingerprint density at radius 3 is 0.714 bits per heavy atom. The van der Waals surface area contributed by atoms with Gasteiger partial charge >= 0.3 is 0 Å². The van der Waals surface area contributed by atoms with Crippen molar-refractivity contribution in [3.63, 3.8) is 0 Å². The van der Waals surface area contributed by atoms with Gasteiger partial charge in [-0.15, -0.1) is 0 Å². The summed E-state index contributed by atoms with van der Waals surface area (Å²) in [4.78, 5) is 2.26. The number of aliphatic hydroxyl groups is 2. The maximum absolute atomic E-state index is 12.9. The topological polar surface area (TPSA) is 43.7 Å². The molecule has 0 unspecified atom stereocenters. The van der Waals surface area contributed by atoms with Gasteiger partial charge in [0.25, 0.3) is 0 Å². The van der Waals surface area contributed by atoms with Crippen LogP contribution in [-0.4, -0.2) is 45.9 Å². The Bertz CT molecular complexity index is 1530. The van der Waals surface area contributed by atoms with Crippen LogP contribution in [0.15, 0.2) is 182 Å². The molecular formula is C46H47NO2. The minimum Gasteiger partial charge on any atom is -0.390 e. The van der Waals surface area contributed by atoms with Gasteiger partial charge in [-0.25, -0.2) is 0 Å². The minimum absolute atomic E-state index is 0.313. The van der Waals surface area contributed by atoms with E-state index in [2.05, 4.69) is 98.5 Å². The Morgan fingerprint density at radius 1 is 0.367 bits per heavy atom. The Kier molecular flexibility index (Phi) is 10.3. The van der Waals surface area contributed by atoms with Gasteiger partial charge in [-0.3, -0.25) is 4.90 Å². The third kappa shape index (κ3) is 6.63. The molecule has 6 aromatic rings.